The first-order valence-corrected chi connectivity index (χ1v) is 7.47. The number of hydrogen-bond acceptors (Lipinski definition) is 4. The SMILES string of the molecule is CSc1cccc(NCC(C)N(C)C)c1C(N)=S. The van der Waals surface area contributed by atoms with E-state index in [2.05, 4.69) is 31.2 Å². The quantitative estimate of drug-likeness (QED) is 0.620. The van der Waals surface area contributed by atoms with Gasteiger partial charge in [0.25, 0.3) is 0 Å². The number of thioether (sulfide) groups is 1. The predicted octanol–water partition coefficient (Wildman–Crippen LogP) is 2.40. The molecular weight excluding hydrogens is 262 g/mol. The van der Waals surface area contributed by atoms with E-state index < -0.39 is 0 Å². The summed E-state index contributed by atoms with van der Waals surface area (Å²) in [5, 5.41) is 3.43. The minimum Gasteiger partial charge on any atom is -0.389 e. The molecule has 0 spiro atoms. The van der Waals surface area contributed by atoms with Gasteiger partial charge in [-0.05, 0) is 39.4 Å². The van der Waals surface area contributed by atoms with Gasteiger partial charge >= 0.3 is 0 Å². The van der Waals surface area contributed by atoms with Gasteiger partial charge in [0.1, 0.15) is 4.99 Å². The van der Waals surface area contributed by atoms with Gasteiger partial charge < -0.3 is 16.0 Å². The van der Waals surface area contributed by atoms with Gasteiger partial charge in [0.15, 0.2) is 0 Å². The second-order valence-corrected chi connectivity index (χ2v) is 5.73. The van der Waals surface area contributed by atoms with E-state index in [4.69, 9.17) is 18.0 Å². The molecule has 1 aromatic rings. The lowest BCUT2D eigenvalue weighted by Gasteiger charge is -2.22. The van der Waals surface area contributed by atoms with Crippen molar-refractivity contribution in [3.05, 3.63) is 23.8 Å². The van der Waals surface area contributed by atoms with Crippen LogP contribution in [0.3, 0.4) is 0 Å². The molecule has 3 nitrogen and oxygen atoms in total. The molecule has 0 aliphatic heterocycles. The summed E-state index contributed by atoms with van der Waals surface area (Å²) >= 11 is 6.81. The Kier molecular flexibility index (Phi) is 5.91. The van der Waals surface area contributed by atoms with Gasteiger partial charge in [0.2, 0.25) is 0 Å². The summed E-state index contributed by atoms with van der Waals surface area (Å²) in [6.07, 6.45) is 2.03. The first-order valence-electron chi connectivity index (χ1n) is 5.84. The van der Waals surface area contributed by atoms with E-state index >= 15 is 0 Å². The molecule has 18 heavy (non-hydrogen) atoms. The van der Waals surface area contributed by atoms with E-state index in [1.807, 2.05) is 24.5 Å². The van der Waals surface area contributed by atoms with Crippen molar-refractivity contribution in [2.45, 2.75) is 17.9 Å². The first-order chi connectivity index (χ1) is 8.47. The van der Waals surface area contributed by atoms with E-state index in [1.165, 1.54) is 0 Å². The fourth-order valence-electron chi connectivity index (χ4n) is 1.54. The number of likely N-dealkylation sites (N-methyl/N-ethyl adjacent to an activating group) is 1. The van der Waals surface area contributed by atoms with Crippen LogP contribution in [0.15, 0.2) is 23.1 Å². The molecule has 0 amide bonds. The standard InChI is InChI=1S/C13H21N3S2/c1-9(16(2)3)8-15-10-6-5-7-11(18-4)12(10)13(14)17/h5-7,9,15H,8H2,1-4H3,(H2,14,17). The average Bonchev–Trinajstić information content (AvgIpc) is 2.34. The maximum absolute atomic E-state index is 5.82. The molecule has 3 N–H and O–H groups in total. The largest absolute Gasteiger partial charge is 0.389 e. The van der Waals surface area contributed by atoms with Crippen LogP contribution in [0.4, 0.5) is 5.69 Å². The first kappa shape index (κ1) is 15.3. The number of rotatable bonds is 6. The highest BCUT2D eigenvalue weighted by molar-refractivity contribution is 7.98. The normalized spacial score (nSPS) is 12.5. The molecule has 0 aromatic heterocycles. The Morgan fingerprint density at radius 2 is 2.17 bits per heavy atom. The van der Waals surface area contributed by atoms with Crippen LogP contribution in [-0.2, 0) is 0 Å². The molecule has 0 aliphatic carbocycles. The summed E-state index contributed by atoms with van der Waals surface area (Å²) in [4.78, 5) is 3.73. The minimum atomic E-state index is 0.444. The monoisotopic (exact) mass is 283 g/mol. The molecule has 100 valence electrons. The van der Waals surface area contributed by atoms with Gasteiger partial charge in [-0.25, -0.2) is 0 Å². The lowest BCUT2D eigenvalue weighted by atomic mass is 10.1. The van der Waals surface area contributed by atoms with Crippen molar-refractivity contribution in [1.82, 2.24) is 4.90 Å². The van der Waals surface area contributed by atoms with Crippen molar-refractivity contribution >= 4 is 34.7 Å². The average molecular weight is 283 g/mol. The number of nitrogens with one attached hydrogen (secondary N) is 1. The van der Waals surface area contributed by atoms with Crippen LogP contribution in [0.2, 0.25) is 0 Å². The Morgan fingerprint density at radius 3 is 2.67 bits per heavy atom. The smallest absolute Gasteiger partial charge is 0.107 e. The number of nitrogens with zero attached hydrogens (tertiary/aromatic N) is 1. The van der Waals surface area contributed by atoms with Crippen LogP contribution in [0.1, 0.15) is 12.5 Å². The second kappa shape index (κ2) is 6.97. The molecule has 0 aliphatic rings. The summed E-state index contributed by atoms with van der Waals surface area (Å²) in [7, 11) is 4.14. The maximum atomic E-state index is 5.82. The van der Waals surface area contributed by atoms with Crippen molar-refractivity contribution in [3.8, 4) is 0 Å². The van der Waals surface area contributed by atoms with Crippen molar-refractivity contribution in [3.63, 3.8) is 0 Å². The molecule has 0 heterocycles. The lowest BCUT2D eigenvalue weighted by molar-refractivity contribution is 0.326. The number of benzene rings is 1. The summed E-state index contributed by atoms with van der Waals surface area (Å²) < 4.78 is 0. The molecule has 0 bridgehead atoms. The number of hydrogen-bond donors (Lipinski definition) is 2. The van der Waals surface area contributed by atoms with E-state index in [-0.39, 0.29) is 0 Å². The molecule has 1 rings (SSSR count). The van der Waals surface area contributed by atoms with Crippen LogP contribution >= 0.6 is 24.0 Å². The van der Waals surface area contributed by atoms with Gasteiger partial charge in [-0.2, -0.15) is 0 Å². The van der Waals surface area contributed by atoms with Gasteiger partial charge in [0.05, 0.1) is 0 Å². The molecule has 5 heteroatoms. The molecule has 0 radical (unpaired) electrons. The topological polar surface area (TPSA) is 41.3 Å². The number of thiocarbonyl (C=S) groups is 1. The maximum Gasteiger partial charge on any atom is 0.107 e. The van der Waals surface area contributed by atoms with Gasteiger partial charge in [-0.15, -0.1) is 11.8 Å². The summed E-state index contributed by atoms with van der Waals surface area (Å²) in [5.74, 6) is 0. The van der Waals surface area contributed by atoms with E-state index in [0.29, 0.717) is 11.0 Å². The van der Waals surface area contributed by atoms with Crippen LogP contribution in [-0.4, -0.2) is 42.8 Å². The Morgan fingerprint density at radius 1 is 1.50 bits per heavy atom. The fourth-order valence-corrected chi connectivity index (χ4v) is 2.47. The third kappa shape index (κ3) is 3.86. The molecule has 0 fully saturated rings. The highest BCUT2D eigenvalue weighted by Gasteiger charge is 2.11. The van der Waals surface area contributed by atoms with E-state index in [9.17, 15) is 0 Å². The second-order valence-electron chi connectivity index (χ2n) is 4.44. The Balaban J connectivity index is 2.91. The molecule has 0 saturated heterocycles. The summed E-state index contributed by atoms with van der Waals surface area (Å²) in [6, 6.07) is 6.54. The lowest BCUT2D eigenvalue weighted by Crippen LogP contribution is -2.32. The van der Waals surface area contributed by atoms with Gasteiger partial charge in [-0.3, -0.25) is 0 Å². The molecule has 1 unspecified atom stereocenters. The predicted molar refractivity (Wildman–Crippen MR) is 85.7 cm³/mol. The van der Waals surface area contributed by atoms with Crippen LogP contribution < -0.4 is 11.1 Å². The summed E-state index contributed by atoms with van der Waals surface area (Å²) in [5.41, 5.74) is 7.79. The molecule has 1 aromatic carbocycles. The van der Waals surface area contributed by atoms with Gasteiger partial charge in [-0.1, -0.05) is 18.3 Å². The van der Waals surface area contributed by atoms with Crippen LogP contribution in [0, 0.1) is 0 Å². The third-order valence-electron chi connectivity index (χ3n) is 2.96. The minimum absolute atomic E-state index is 0.444. The highest BCUT2D eigenvalue weighted by Crippen LogP contribution is 2.27. The van der Waals surface area contributed by atoms with Crippen molar-refractivity contribution in [2.24, 2.45) is 5.73 Å². The molecule has 0 saturated carbocycles. The Bertz CT molecular complexity index is 419. The van der Waals surface area contributed by atoms with Crippen LogP contribution in [0.5, 0.6) is 0 Å². The van der Waals surface area contributed by atoms with Crippen molar-refractivity contribution in [2.75, 3.05) is 32.2 Å². The Labute approximate surface area is 119 Å². The Hall–Kier alpha value is -0.780. The molecular formula is C13H21N3S2. The zero-order valence-corrected chi connectivity index (χ0v) is 13.0. The molecule has 1 atom stereocenters. The van der Waals surface area contributed by atoms with Crippen molar-refractivity contribution in [1.29, 1.82) is 0 Å². The number of anilines is 1. The third-order valence-corrected chi connectivity index (χ3v) is 3.95. The highest BCUT2D eigenvalue weighted by atomic mass is 32.2. The zero-order valence-electron chi connectivity index (χ0n) is 11.4. The van der Waals surface area contributed by atoms with E-state index in [1.54, 1.807) is 11.8 Å². The van der Waals surface area contributed by atoms with E-state index in [0.717, 1.165) is 22.7 Å². The summed E-state index contributed by atoms with van der Waals surface area (Å²) in [6.45, 7) is 3.03. The van der Waals surface area contributed by atoms with Gasteiger partial charge in [0, 0.05) is 28.7 Å². The number of nitrogens with two attached hydrogens (primary N) is 1. The van der Waals surface area contributed by atoms with Crippen molar-refractivity contribution < 1.29 is 0 Å². The fraction of sp³-hybridized carbons (Fsp3) is 0.462. The zero-order chi connectivity index (χ0) is 13.7. The van der Waals surface area contributed by atoms with Crippen LogP contribution in [0.25, 0.3) is 0 Å².